The van der Waals surface area contributed by atoms with Crippen molar-refractivity contribution in [3.8, 4) is 0 Å². The number of rotatable bonds is 3. The maximum atomic E-state index is 12.2. The van der Waals surface area contributed by atoms with Crippen molar-refractivity contribution in [3.05, 3.63) is 37.7 Å². The topological polar surface area (TPSA) is 59.1 Å². The molecule has 0 saturated heterocycles. The molecule has 2 aromatic rings. The van der Waals surface area contributed by atoms with E-state index in [1.807, 2.05) is 0 Å². The Morgan fingerprint density at radius 1 is 1.37 bits per heavy atom. The van der Waals surface area contributed by atoms with Crippen LogP contribution in [0, 0.1) is 6.92 Å². The molecule has 0 radical (unpaired) electrons. The highest BCUT2D eigenvalue weighted by Gasteiger charge is 2.21. The zero-order chi connectivity index (χ0) is 14.2. The van der Waals surface area contributed by atoms with Crippen LogP contribution in [0.2, 0.25) is 10.0 Å². The minimum atomic E-state index is -3.72. The highest BCUT2D eigenvalue weighted by atomic mass is 79.9. The van der Waals surface area contributed by atoms with Gasteiger partial charge in [0.15, 0.2) is 10.0 Å². The van der Waals surface area contributed by atoms with Gasteiger partial charge >= 0.3 is 0 Å². The first-order chi connectivity index (χ1) is 8.81. The molecule has 2 heterocycles. The average molecular weight is 402 g/mol. The van der Waals surface area contributed by atoms with Crippen LogP contribution in [0.15, 0.2) is 26.2 Å². The Kier molecular flexibility index (Phi) is 4.42. The molecule has 2 aromatic heterocycles. The first kappa shape index (κ1) is 15.1. The van der Waals surface area contributed by atoms with E-state index in [2.05, 4.69) is 25.6 Å². The van der Waals surface area contributed by atoms with E-state index >= 15 is 0 Å². The third kappa shape index (κ3) is 3.22. The van der Waals surface area contributed by atoms with Crippen LogP contribution < -0.4 is 4.72 Å². The molecule has 0 saturated carbocycles. The van der Waals surface area contributed by atoms with Crippen LogP contribution >= 0.6 is 50.5 Å². The molecule has 0 atom stereocenters. The number of anilines is 1. The molecular formula is C10H7BrCl2N2O2S2. The van der Waals surface area contributed by atoms with Gasteiger partial charge in [0, 0.05) is 4.47 Å². The van der Waals surface area contributed by atoms with Crippen LogP contribution in [0.5, 0.6) is 0 Å². The van der Waals surface area contributed by atoms with E-state index in [-0.39, 0.29) is 15.0 Å². The summed E-state index contributed by atoms with van der Waals surface area (Å²) in [6.07, 6.45) is 0. The molecule has 0 amide bonds. The number of thiophene rings is 1. The Morgan fingerprint density at radius 3 is 2.63 bits per heavy atom. The number of nitrogens with one attached hydrogen (secondary N) is 1. The van der Waals surface area contributed by atoms with Crippen LogP contribution in [0.3, 0.4) is 0 Å². The predicted octanol–water partition coefficient (Wildman–Crippen LogP) is 4.32. The lowest BCUT2D eigenvalue weighted by atomic mass is 10.4. The monoisotopic (exact) mass is 400 g/mol. The lowest BCUT2D eigenvalue weighted by molar-refractivity contribution is 0.602. The second-order valence-corrected chi connectivity index (χ2v) is 8.01. The highest BCUT2D eigenvalue weighted by Crippen LogP contribution is 2.31. The SMILES string of the molecule is Cc1nc(NS(=O)(=O)c2sccc2Br)c(Cl)cc1Cl. The van der Waals surface area contributed by atoms with Crippen molar-refractivity contribution >= 4 is 66.3 Å². The van der Waals surface area contributed by atoms with Gasteiger partial charge in [-0.15, -0.1) is 11.3 Å². The highest BCUT2D eigenvalue weighted by molar-refractivity contribution is 9.10. The van der Waals surface area contributed by atoms with Crippen molar-refractivity contribution in [2.24, 2.45) is 0 Å². The number of hydrogen-bond donors (Lipinski definition) is 1. The fourth-order valence-electron chi connectivity index (χ4n) is 1.28. The van der Waals surface area contributed by atoms with Crippen LogP contribution in [-0.4, -0.2) is 13.4 Å². The Labute approximate surface area is 132 Å². The maximum Gasteiger partial charge on any atom is 0.273 e. The van der Waals surface area contributed by atoms with Gasteiger partial charge in [0.25, 0.3) is 10.0 Å². The van der Waals surface area contributed by atoms with Crippen LogP contribution in [0.25, 0.3) is 0 Å². The van der Waals surface area contributed by atoms with Gasteiger partial charge in [0.1, 0.15) is 0 Å². The second-order valence-electron chi connectivity index (χ2n) is 3.55. The fraction of sp³-hybridized carbons (Fsp3) is 0.100. The molecule has 0 aliphatic rings. The third-order valence-corrected chi connectivity index (χ3v) is 6.84. The standard InChI is InChI=1S/C10H7BrCl2N2O2S2/c1-5-7(12)4-8(13)9(14-5)15-19(16,17)10-6(11)2-3-18-10/h2-4H,1H3,(H,14,15). The molecule has 1 N–H and O–H groups in total. The van der Waals surface area contributed by atoms with Crippen molar-refractivity contribution in [1.29, 1.82) is 0 Å². The summed E-state index contributed by atoms with van der Waals surface area (Å²) in [5.74, 6) is 0.0591. The predicted molar refractivity (Wildman–Crippen MR) is 81.8 cm³/mol. The number of pyridine rings is 1. The second kappa shape index (κ2) is 5.57. The van der Waals surface area contributed by atoms with E-state index in [4.69, 9.17) is 23.2 Å². The van der Waals surface area contributed by atoms with Crippen LogP contribution in [0.1, 0.15) is 5.69 Å². The lowest BCUT2D eigenvalue weighted by Crippen LogP contribution is -2.13. The zero-order valence-corrected chi connectivity index (χ0v) is 14.2. The zero-order valence-electron chi connectivity index (χ0n) is 9.45. The van der Waals surface area contributed by atoms with Crippen molar-refractivity contribution in [3.63, 3.8) is 0 Å². The molecule has 0 spiro atoms. The van der Waals surface area contributed by atoms with E-state index in [9.17, 15) is 8.42 Å². The summed E-state index contributed by atoms with van der Waals surface area (Å²) < 4.78 is 27.3. The van der Waals surface area contributed by atoms with Gasteiger partial charge < -0.3 is 0 Å². The van der Waals surface area contributed by atoms with Crippen LogP contribution in [-0.2, 0) is 10.0 Å². The van der Waals surface area contributed by atoms with E-state index in [1.54, 1.807) is 18.4 Å². The quantitative estimate of drug-likeness (QED) is 0.832. The van der Waals surface area contributed by atoms with Gasteiger partial charge in [-0.25, -0.2) is 13.4 Å². The summed E-state index contributed by atoms with van der Waals surface area (Å²) in [5.41, 5.74) is 0.494. The van der Waals surface area contributed by atoms with Gasteiger partial charge in [-0.1, -0.05) is 23.2 Å². The number of hydrogen-bond acceptors (Lipinski definition) is 4. The molecule has 0 aromatic carbocycles. The lowest BCUT2D eigenvalue weighted by Gasteiger charge is -2.09. The maximum absolute atomic E-state index is 12.2. The number of aryl methyl sites for hydroxylation is 1. The molecule has 2 rings (SSSR count). The molecule has 9 heteroatoms. The van der Waals surface area contributed by atoms with Crippen molar-refractivity contribution in [1.82, 2.24) is 4.98 Å². The Balaban J connectivity index is 2.42. The molecule has 0 fully saturated rings. The van der Waals surface area contributed by atoms with Gasteiger partial charge in [-0.2, -0.15) is 0 Å². The molecule has 0 bridgehead atoms. The number of aromatic nitrogens is 1. The minimum absolute atomic E-state index is 0.0591. The fourth-order valence-corrected chi connectivity index (χ4v) is 5.10. The number of nitrogens with zero attached hydrogens (tertiary/aromatic N) is 1. The number of sulfonamides is 1. The van der Waals surface area contributed by atoms with Crippen molar-refractivity contribution < 1.29 is 8.42 Å². The summed E-state index contributed by atoms with van der Waals surface area (Å²) in [6.45, 7) is 1.66. The Morgan fingerprint density at radius 2 is 2.05 bits per heavy atom. The number of halogens is 3. The molecule has 102 valence electrons. The van der Waals surface area contributed by atoms with E-state index in [0.29, 0.717) is 15.2 Å². The van der Waals surface area contributed by atoms with E-state index < -0.39 is 10.0 Å². The van der Waals surface area contributed by atoms with Gasteiger partial charge in [-0.05, 0) is 40.4 Å². The van der Waals surface area contributed by atoms with E-state index in [0.717, 1.165) is 11.3 Å². The Hall–Kier alpha value is -0.340. The summed E-state index contributed by atoms with van der Waals surface area (Å²) in [4.78, 5) is 4.03. The molecule has 0 aliphatic carbocycles. The summed E-state index contributed by atoms with van der Waals surface area (Å²) in [7, 11) is -3.72. The molecule has 4 nitrogen and oxygen atoms in total. The van der Waals surface area contributed by atoms with Gasteiger partial charge in [0.05, 0.1) is 15.7 Å². The summed E-state index contributed by atoms with van der Waals surface area (Å²) >= 11 is 16.1. The van der Waals surface area contributed by atoms with Crippen LogP contribution in [0.4, 0.5) is 5.82 Å². The molecule has 19 heavy (non-hydrogen) atoms. The minimum Gasteiger partial charge on any atom is -0.261 e. The first-order valence-corrected chi connectivity index (χ1v) is 8.81. The first-order valence-electron chi connectivity index (χ1n) is 4.89. The van der Waals surface area contributed by atoms with Gasteiger partial charge in [-0.3, -0.25) is 4.72 Å². The largest absolute Gasteiger partial charge is 0.273 e. The average Bonchev–Trinajstić information content (AvgIpc) is 2.73. The summed E-state index contributed by atoms with van der Waals surface area (Å²) in [6, 6.07) is 3.11. The van der Waals surface area contributed by atoms with Crippen molar-refractivity contribution in [2.75, 3.05) is 4.72 Å². The van der Waals surface area contributed by atoms with Gasteiger partial charge in [0.2, 0.25) is 0 Å². The molecule has 0 unspecified atom stereocenters. The Bertz CT molecular complexity index is 731. The summed E-state index contributed by atoms with van der Waals surface area (Å²) in [5, 5.41) is 2.19. The van der Waals surface area contributed by atoms with E-state index in [1.165, 1.54) is 6.07 Å². The normalized spacial score (nSPS) is 11.6. The molecular weight excluding hydrogens is 395 g/mol. The molecule has 0 aliphatic heterocycles. The smallest absolute Gasteiger partial charge is 0.261 e. The van der Waals surface area contributed by atoms with Crippen molar-refractivity contribution in [2.45, 2.75) is 11.1 Å². The third-order valence-electron chi connectivity index (χ3n) is 2.16.